The molecule has 1 N–H and O–H groups in total. The zero-order valence-electron chi connectivity index (χ0n) is 24.2. The third-order valence-electron chi connectivity index (χ3n) is 7.88. The molecule has 204 valence electrons. The Balaban J connectivity index is 1.82. The summed E-state index contributed by atoms with van der Waals surface area (Å²) in [6.07, 6.45) is 1.30. The maximum absolute atomic E-state index is 10.4. The van der Waals surface area contributed by atoms with Crippen molar-refractivity contribution in [2.24, 2.45) is 0 Å². The zero-order valence-corrected chi connectivity index (χ0v) is 25.2. The topological polar surface area (TPSA) is 38.7 Å². The summed E-state index contributed by atoms with van der Waals surface area (Å²) in [5.41, 5.74) is 6.53. The van der Waals surface area contributed by atoms with Gasteiger partial charge in [-0.3, -0.25) is 0 Å². The van der Waals surface area contributed by atoms with E-state index in [4.69, 9.17) is 9.16 Å². The predicted molar refractivity (Wildman–Crippen MR) is 166 cm³/mol. The molecule has 0 bridgehead atoms. The Bertz CT molecular complexity index is 1290. The second kappa shape index (κ2) is 12.0. The summed E-state index contributed by atoms with van der Waals surface area (Å²) < 4.78 is 13.8. The highest BCUT2D eigenvalue weighted by atomic mass is 28.4. The molecule has 39 heavy (non-hydrogen) atoms. The Morgan fingerprint density at radius 2 is 1.49 bits per heavy atom. The number of allylic oxidation sites excluding steroid dienone is 1. The van der Waals surface area contributed by atoms with Gasteiger partial charge in [0.25, 0.3) is 8.32 Å². The van der Waals surface area contributed by atoms with Gasteiger partial charge in [0.1, 0.15) is 6.10 Å². The number of aryl methyl sites for hydroxylation is 1. The van der Waals surface area contributed by atoms with Crippen molar-refractivity contribution < 1.29 is 14.3 Å². The van der Waals surface area contributed by atoms with E-state index in [1.807, 2.05) is 12.1 Å². The lowest BCUT2D eigenvalue weighted by Crippen LogP contribution is -2.69. The molecular weight excluding hydrogens is 496 g/mol. The molecule has 0 spiro atoms. The van der Waals surface area contributed by atoms with E-state index in [1.165, 1.54) is 15.9 Å². The third kappa shape index (κ3) is 5.95. The maximum Gasteiger partial charge on any atom is 0.262 e. The van der Waals surface area contributed by atoms with Gasteiger partial charge in [-0.15, -0.1) is 0 Å². The van der Waals surface area contributed by atoms with E-state index in [2.05, 4.69) is 127 Å². The third-order valence-corrected chi connectivity index (χ3v) is 12.9. The molecule has 3 aromatic carbocycles. The quantitative estimate of drug-likeness (QED) is 0.259. The van der Waals surface area contributed by atoms with Gasteiger partial charge in [-0.1, -0.05) is 124 Å². The first-order valence-electron chi connectivity index (χ1n) is 13.7. The minimum absolute atomic E-state index is 0.113. The lowest BCUT2D eigenvalue weighted by atomic mass is 9.90. The lowest BCUT2D eigenvalue weighted by Gasteiger charge is -2.47. The normalized spacial score (nSPS) is 18.8. The molecule has 0 amide bonds. The summed E-state index contributed by atoms with van der Waals surface area (Å²) in [4.78, 5) is 0. The van der Waals surface area contributed by atoms with E-state index >= 15 is 0 Å². The fraction of sp³-hybridized carbons (Fsp3) is 0.314. The van der Waals surface area contributed by atoms with Crippen LogP contribution in [0.1, 0.15) is 45.7 Å². The Kier molecular flexibility index (Phi) is 8.92. The van der Waals surface area contributed by atoms with Gasteiger partial charge in [-0.05, 0) is 64.0 Å². The Labute approximate surface area is 235 Å². The van der Waals surface area contributed by atoms with Crippen LogP contribution in [0.15, 0.2) is 114 Å². The molecule has 4 rings (SSSR count). The van der Waals surface area contributed by atoms with Crippen molar-refractivity contribution in [2.75, 3.05) is 13.2 Å². The summed E-state index contributed by atoms with van der Waals surface area (Å²) in [6.45, 7) is 17.9. The van der Waals surface area contributed by atoms with Crippen molar-refractivity contribution in [3.05, 3.63) is 125 Å². The molecule has 3 nitrogen and oxygen atoms in total. The summed E-state index contributed by atoms with van der Waals surface area (Å²) in [7, 11) is -2.86. The van der Waals surface area contributed by atoms with Gasteiger partial charge >= 0.3 is 0 Å². The zero-order chi connectivity index (χ0) is 28.2. The van der Waals surface area contributed by atoms with Crippen molar-refractivity contribution in [1.82, 2.24) is 0 Å². The highest BCUT2D eigenvalue weighted by Gasteiger charge is 2.53. The molecule has 0 aromatic heterocycles. The number of ether oxygens (including phenoxy) is 1. The first kappa shape index (κ1) is 29.0. The molecule has 0 fully saturated rings. The molecule has 0 saturated carbocycles. The van der Waals surface area contributed by atoms with Crippen LogP contribution in [0.25, 0.3) is 6.08 Å². The molecular formula is C35H42O3Si. The van der Waals surface area contributed by atoms with Crippen molar-refractivity contribution in [3.8, 4) is 0 Å². The number of hydrogen-bond acceptors (Lipinski definition) is 3. The largest absolute Gasteiger partial charge is 0.398 e. The number of rotatable bonds is 8. The Morgan fingerprint density at radius 1 is 0.949 bits per heavy atom. The smallest absolute Gasteiger partial charge is 0.262 e. The highest BCUT2D eigenvalue weighted by Crippen LogP contribution is 2.40. The van der Waals surface area contributed by atoms with Crippen molar-refractivity contribution in [2.45, 2.75) is 58.8 Å². The van der Waals surface area contributed by atoms with Gasteiger partial charge in [-0.2, -0.15) is 0 Å². The summed E-state index contributed by atoms with van der Waals surface area (Å²) in [6, 6.07) is 29.7. The summed E-state index contributed by atoms with van der Waals surface area (Å²) >= 11 is 0. The average Bonchev–Trinajstić information content (AvgIpc) is 2.93. The lowest BCUT2D eigenvalue weighted by molar-refractivity contribution is -0.0465. The molecule has 0 radical (unpaired) electrons. The fourth-order valence-electron chi connectivity index (χ4n) is 5.60. The van der Waals surface area contributed by atoms with Crippen LogP contribution in [0.3, 0.4) is 0 Å². The van der Waals surface area contributed by atoms with Gasteiger partial charge in [-0.25, -0.2) is 0 Å². The predicted octanol–water partition coefficient (Wildman–Crippen LogP) is 6.61. The van der Waals surface area contributed by atoms with E-state index < -0.39 is 20.5 Å². The van der Waals surface area contributed by atoms with Gasteiger partial charge in [0.15, 0.2) is 0 Å². The molecule has 4 heteroatoms. The number of aliphatic hydroxyl groups excluding tert-OH is 1. The Hall–Kier alpha value is -3.02. The number of benzene rings is 3. The van der Waals surface area contributed by atoms with Crippen molar-refractivity contribution >= 4 is 24.8 Å². The monoisotopic (exact) mass is 538 g/mol. The summed E-state index contributed by atoms with van der Waals surface area (Å²) in [5.74, 6) is 0. The average molecular weight is 539 g/mol. The minimum atomic E-state index is -2.86. The van der Waals surface area contributed by atoms with Crippen molar-refractivity contribution in [3.63, 3.8) is 0 Å². The first-order chi connectivity index (χ1) is 18.6. The van der Waals surface area contributed by atoms with Gasteiger partial charge in [0.05, 0.1) is 19.3 Å². The first-order valence-corrected chi connectivity index (χ1v) is 15.6. The maximum atomic E-state index is 10.4. The molecule has 1 aliphatic rings. The summed E-state index contributed by atoms with van der Waals surface area (Å²) in [5, 5.41) is 12.6. The second-order valence-electron chi connectivity index (χ2n) is 11.6. The fourth-order valence-corrected chi connectivity index (χ4v) is 10.3. The minimum Gasteiger partial charge on any atom is -0.398 e. The second-order valence-corrected chi connectivity index (χ2v) is 15.9. The SMILES string of the molecule is C=C(C1=C(C)[C@H](O[Si](c2ccccc2)(c2ccccc2)C(C)(C)C)[C@@H](CO)OC1)/C(C)=C/c1ccc(C)cc1. The van der Waals surface area contributed by atoms with Crippen LogP contribution in [0.2, 0.25) is 5.04 Å². The van der Waals surface area contributed by atoms with Crippen LogP contribution >= 0.6 is 0 Å². The van der Waals surface area contributed by atoms with Crippen LogP contribution in [0.5, 0.6) is 0 Å². The Morgan fingerprint density at radius 3 is 1.97 bits per heavy atom. The van der Waals surface area contributed by atoms with Crippen LogP contribution < -0.4 is 10.4 Å². The molecule has 2 atom stereocenters. The van der Waals surface area contributed by atoms with Gasteiger partial charge < -0.3 is 14.3 Å². The standard InChI is InChI=1S/C35H42O3Si/c1-25-18-20-29(21-19-25)22-26(2)27(3)32-24-37-33(23-36)34(28(32)4)38-39(35(5,6)7,30-14-10-8-11-15-30)31-16-12-9-13-17-31/h8-22,33-34,36H,3,23-24H2,1-2,4-7H3/b26-22+/t33-,34+/m1/s1. The molecule has 1 aliphatic heterocycles. The number of hydrogen-bond donors (Lipinski definition) is 1. The number of aliphatic hydroxyl groups is 1. The van der Waals surface area contributed by atoms with E-state index in [0.29, 0.717) is 6.61 Å². The van der Waals surface area contributed by atoms with Crippen LogP contribution in [-0.4, -0.2) is 38.8 Å². The van der Waals surface area contributed by atoms with E-state index in [0.717, 1.165) is 27.9 Å². The highest BCUT2D eigenvalue weighted by molar-refractivity contribution is 6.99. The van der Waals surface area contributed by atoms with Gasteiger partial charge in [0.2, 0.25) is 0 Å². The van der Waals surface area contributed by atoms with Crippen molar-refractivity contribution in [1.29, 1.82) is 0 Å². The van der Waals surface area contributed by atoms with Gasteiger partial charge in [0, 0.05) is 0 Å². The van der Waals surface area contributed by atoms with Crippen LogP contribution in [-0.2, 0) is 9.16 Å². The van der Waals surface area contributed by atoms with E-state index in [-0.39, 0.29) is 11.6 Å². The molecule has 0 unspecified atom stereocenters. The molecule has 3 aromatic rings. The van der Waals surface area contributed by atoms with Crippen LogP contribution in [0, 0.1) is 6.92 Å². The van der Waals surface area contributed by atoms with E-state index in [1.54, 1.807) is 0 Å². The molecule has 1 heterocycles. The molecule has 0 saturated heterocycles. The van der Waals surface area contributed by atoms with E-state index in [9.17, 15) is 5.11 Å². The molecule has 0 aliphatic carbocycles. The van der Waals surface area contributed by atoms with Crippen LogP contribution in [0.4, 0.5) is 0 Å².